The van der Waals surface area contributed by atoms with E-state index in [1.54, 1.807) is 24.3 Å². The van der Waals surface area contributed by atoms with Crippen molar-refractivity contribution in [2.45, 2.75) is 38.6 Å². The van der Waals surface area contributed by atoms with E-state index in [2.05, 4.69) is 29.3 Å². The van der Waals surface area contributed by atoms with E-state index in [9.17, 15) is 15.0 Å². The molecule has 4 rings (SSSR count). The van der Waals surface area contributed by atoms with Gasteiger partial charge in [0.25, 0.3) is 0 Å². The molecule has 7 nitrogen and oxygen atoms in total. The summed E-state index contributed by atoms with van der Waals surface area (Å²) in [6.07, 6.45) is -0.696. The summed E-state index contributed by atoms with van der Waals surface area (Å²) >= 11 is 0. The Bertz CT molecular complexity index is 1350. The van der Waals surface area contributed by atoms with Crippen molar-refractivity contribution in [3.63, 3.8) is 0 Å². The SMILES string of the molecule is COC(=O)Nc1cc([C@H](O)CN(Cc2ccccc2)[C@H](C)Cc2ccc(O)cc2)ccc1OCc1ccccc1. The van der Waals surface area contributed by atoms with Crippen LogP contribution in [0.15, 0.2) is 103 Å². The van der Waals surface area contributed by atoms with Gasteiger partial charge in [-0.1, -0.05) is 78.9 Å². The lowest BCUT2D eigenvalue weighted by atomic mass is 10.0. The summed E-state index contributed by atoms with van der Waals surface area (Å²) in [5.41, 5.74) is 4.31. The number of hydrogen-bond donors (Lipinski definition) is 3. The van der Waals surface area contributed by atoms with Crippen LogP contribution in [-0.2, 0) is 24.3 Å². The Morgan fingerprint density at radius 3 is 2.17 bits per heavy atom. The number of nitrogens with one attached hydrogen (secondary N) is 1. The van der Waals surface area contributed by atoms with E-state index < -0.39 is 12.2 Å². The molecule has 0 saturated heterocycles. The number of anilines is 1. The highest BCUT2D eigenvalue weighted by molar-refractivity contribution is 5.86. The van der Waals surface area contributed by atoms with E-state index in [1.165, 1.54) is 7.11 Å². The van der Waals surface area contributed by atoms with Gasteiger partial charge in [-0.25, -0.2) is 4.79 Å². The van der Waals surface area contributed by atoms with Crippen LogP contribution in [0.3, 0.4) is 0 Å². The molecule has 0 fully saturated rings. The molecule has 7 heteroatoms. The van der Waals surface area contributed by atoms with Crippen LogP contribution in [0, 0.1) is 0 Å². The van der Waals surface area contributed by atoms with Crippen LogP contribution >= 0.6 is 0 Å². The lowest BCUT2D eigenvalue weighted by molar-refractivity contribution is 0.0859. The maximum Gasteiger partial charge on any atom is 0.411 e. The molecular formula is C33H36N2O5. The van der Waals surface area contributed by atoms with E-state index >= 15 is 0 Å². The highest BCUT2D eigenvalue weighted by Crippen LogP contribution is 2.30. The lowest BCUT2D eigenvalue weighted by Crippen LogP contribution is -2.37. The van der Waals surface area contributed by atoms with Crippen LogP contribution in [0.25, 0.3) is 0 Å². The number of phenolic OH excluding ortho intramolecular Hbond substituents is 1. The topological polar surface area (TPSA) is 91.3 Å². The number of aromatic hydroxyl groups is 1. The van der Waals surface area contributed by atoms with Crippen LogP contribution in [-0.4, -0.2) is 40.9 Å². The highest BCUT2D eigenvalue weighted by atomic mass is 16.5. The fraction of sp³-hybridized carbons (Fsp3) is 0.242. The molecular weight excluding hydrogens is 504 g/mol. The van der Waals surface area contributed by atoms with E-state index in [0.29, 0.717) is 36.7 Å². The molecule has 0 bridgehead atoms. The van der Waals surface area contributed by atoms with Gasteiger partial charge in [0.2, 0.25) is 0 Å². The summed E-state index contributed by atoms with van der Waals surface area (Å²) in [6.45, 7) is 3.49. The van der Waals surface area contributed by atoms with Gasteiger partial charge >= 0.3 is 6.09 Å². The zero-order valence-corrected chi connectivity index (χ0v) is 22.9. The molecule has 2 atom stereocenters. The molecule has 1 amide bonds. The Morgan fingerprint density at radius 1 is 0.875 bits per heavy atom. The van der Waals surface area contributed by atoms with Gasteiger partial charge in [0.05, 0.1) is 18.9 Å². The fourth-order valence-corrected chi connectivity index (χ4v) is 4.52. The molecule has 0 aromatic heterocycles. The van der Waals surface area contributed by atoms with E-state index in [1.807, 2.05) is 66.7 Å². The normalized spacial score (nSPS) is 12.5. The Morgan fingerprint density at radius 2 is 1.52 bits per heavy atom. The second-order valence-electron chi connectivity index (χ2n) is 9.80. The molecule has 4 aromatic carbocycles. The molecule has 208 valence electrons. The minimum Gasteiger partial charge on any atom is -0.508 e. The third-order valence-electron chi connectivity index (χ3n) is 6.77. The van der Waals surface area contributed by atoms with Crippen molar-refractivity contribution in [1.82, 2.24) is 4.90 Å². The molecule has 0 heterocycles. The summed E-state index contributed by atoms with van der Waals surface area (Å²) in [5, 5.41) is 23.7. The van der Waals surface area contributed by atoms with Gasteiger partial charge in [0, 0.05) is 19.1 Å². The number of ether oxygens (including phenoxy) is 2. The molecule has 3 N–H and O–H groups in total. The van der Waals surface area contributed by atoms with Gasteiger partial charge in [-0.3, -0.25) is 10.2 Å². The van der Waals surface area contributed by atoms with Crippen LogP contribution in [0.2, 0.25) is 0 Å². The molecule has 0 aliphatic heterocycles. The summed E-state index contributed by atoms with van der Waals surface area (Å²) in [6, 6.07) is 32.5. The predicted octanol–water partition coefficient (Wildman–Crippen LogP) is 6.32. The minimum absolute atomic E-state index is 0.0977. The summed E-state index contributed by atoms with van der Waals surface area (Å²) in [5.74, 6) is 0.715. The van der Waals surface area contributed by atoms with Gasteiger partial charge in [0.15, 0.2) is 0 Å². The number of benzene rings is 4. The monoisotopic (exact) mass is 540 g/mol. The maximum atomic E-state index is 12.1. The lowest BCUT2D eigenvalue weighted by Gasteiger charge is -2.31. The molecule has 0 aliphatic carbocycles. The van der Waals surface area contributed by atoms with Crippen molar-refractivity contribution in [3.8, 4) is 11.5 Å². The van der Waals surface area contributed by atoms with Gasteiger partial charge in [-0.15, -0.1) is 0 Å². The average Bonchev–Trinajstić information content (AvgIpc) is 2.98. The first kappa shape index (κ1) is 28.7. The number of carbonyl (C=O) groups is 1. The standard InChI is InChI=1S/C33H36N2O5/c1-24(19-25-13-16-29(36)17-14-25)35(21-26-9-5-3-6-10-26)22-31(37)28-15-18-32(30(20-28)34-33(38)39-2)40-23-27-11-7-4-8-12-27/h3-18,20,24,31,36-37H,19,21-23H2,1-2H3,(H,34,38)/t24-,31-/m1/s1. The largest absolute Gasteiger partial charge is 0.508 e. The smallest absolute Gasteiger partial charge is 0.411 e. The number of hydrogen-bond acceptors (Lipinski definition) is 6. The number of amides is 1. The second kappa shape index (κ2) is 14.2. The number of methoxy groups -OCH3 is 1. The fourth-order valence-electron chi connectivity index (χ4n) is 4.52. The number of aliphatic hydroxyl groups is 1. The van der Waals surface area contributed by atoms with Crippen LogP contribution in [0.5, 0.6) is 11.5 Å². The van der Waals surface area contributed by atoms with Gasteiger partial charge in [-0.05, 0) is 59.9 Å². The minimum atomic E-state index is -0.827. The van der Waals surface area contributed by atoms with E-state index in [4.69, 9.17) is 9.47 Å². The number of rotatable bonds is 12. The Hall–Kier alpha value is -4.33. The molecule has 0 spiro atoms. The van der Waals surface area contributed by atoms with Crippen LogP contribution in [0.4, 0.5) is 10.5 Å². The first-order valence-electron chi connectivity index (χ1n) is 13.3. The average molecular weight is 541 g/mol. The molecule has 0 unspecified atom stereocenters. The predicted molar refractivity (Wildman–Crippen MR) is 156 cm³/mol. The molecule has 0 saturated carbocycles. The Balaban J connectivity index is 1.53. The third kappa shape index (κ3) is 8.33. The van der Waals surface area contributed by atoms with Gasteiger partial charge in [-0.2, -0.15) is 0 Å². The maximum absolute atomic E-state index is 12.1. The molecule has 0 radical (unpaired) electrons. The van der Waals surface area contributed by atoms with Crippen molar-refractivity contribution in [2.24, 2.45) is 0 Å². The van der Waals surface area contributed by atoms with Crippen LogP contribution < -0.4 is 10.1 Å². The number of nitrogens with zero attached hydrogens (tertiary/aromatic N) is 1. The zero-order chi connectivity index (χ0) is 28.3. The quantitative estimate of drug-likeness (QED) is 0.195. The molecule has 0 aliphatic rings. The van der Waals surface area contributed by atoms with Crippen molar-refractivity contribution < 1.29 is 24.5 Å². The zero-order valence-electron chi connectivity index (χ0n) is 22.9. The van der Waals surface area contributed by atoms with Gasteiger partial charge in [0.1, 0.15) is 18.1 Å². The first-order valence-corrected chi connectivity index (χ1v) is 13.3. The number of phenols is 1. The summed E-state index contributed by atoms with van der Waals surface area (Å²) < 4.78 is 10.8. The molecule has 4 aromatic rings. The van der Waals surface area contributed by atoms with Crippen molar-refractivity contribution in [1.29, 1.82) is 0 Å². The summed E-state index contributed by atoms with van der Waals surface area (Å²) in [4.78, 5) is 14.3. The Labute approximate surface area is 235 Å². The second-order valence-corrected chi connectivity index (χ2v) is 9.80. The molecule has 40 heavy (non-hydrogen) atoms. The highest BCUT2D eigenvalue weighted by Gasteiger charge is 2.21. The van der Waals surface area contributed by atoms with Crippen molar-refractivity contribution in [2.75, 3.05) is 19.0 Å². The van der Waals surface area contributed by atoms with Crippen molar-refractivity contribution >= 4 is 11.8 Å². The third-order valence-corrected chi connectivity index (χ3v) is 6.77. The number of carbonyl (C=O) groups excluding carboxylic acids is 1. The first-order chi connectivity index (χ1) is 19.4. The Kier molecular flexibility index (Phi) is 10.2. The van der Waals surface area contributed by atoms with E-state index in [0.717, 1.165) is 23.1 Å². The van der Waals surface area contributed by atoms with Crippen molar-refractivity contribution in [3.05, 3.63) is 125 Å². The van der Waals surface area contributed by atoms with E-state index in [-0.39, 0.29) is 11.8 Å². The number of aliphatic hydroxyl groups excluding tert-OH is 1. The van der Waals surface area contributed by atoms with Gasteiger partial charge < -0.3 is 19.7 Å². The summed E-state index contributed by atoms with van der Waals surface area (Å²) in [7, 11) is 1.30. The van der Waals surface area contributed by atoms with Crippen LogP contribution in [0.1, 0.15) is 35.3 Å².